The first-order chi connectivity index (χ1) is 8.15. The number of nitrogens with zero attached hydrogens (tertiary/aromatic N) is 1. The minimum absolute atomic E-state index is 0.113. The molecule has 1 N–H and O–H groups in total. The van der Waals surface area contributed by atoms with Crippen LogP contribution in [0.4, 0.5) is 11.4 Å². The van der Waals surface area contributed by atoms with E-state index in [1.807, 2.05) is 0 Å². The van der Waals surface area contributed by atoms with Crippen molar-refractivity contribution in [2.75, 3.05) is 23.4 Å². The van der Waals surface area contributed by atoms with Crippen LogP contribution in [0.2, 0.25) is 0 Å². The molecule has 6 heteroatoms. The van der Waals surface area contributed by atoms with Gasteiger partial charge in [-0.05, 0) is 28.7 Å². The predicted octanol–water partition coefficient (Wildman–Crippen LogP) is 2.98. The number of benzene rings is 1. The van der Waals surface area contributed by atoms with E-state index in [0.717, 1.165) is 21.6 Å². The lowest BCUT2D eigenvalue weighted by Gasteiger charge is -2.07. The summed E-state index contributed by atoms with van der Waals surface area (Å²) in [6.07, 6.45) is 5.13. The average Bonchev–Trinajstić information content (AvgIpc) is 2.30. The number of non-ortho nitro benzene ring substituents is 1. The lowest BCUT2D eigenvalue weighted by molar-refractivity contribution is -0.384. The van der Waals surface area contributed by atoms with Crippen LogP contribution >= 0.6 is 34.4 Å². The Bertz CT molecular complexity index is 446. The Morgan fingerprint density at radius 2 is 2.35 bits per heavy atom. The van der Waals surface area contributed by atoms with Gasteiger partial charge in [-0.15, -0.1) is 18.2 Å². The zero-order chi connectivity index (χ0) is 12.7. The van der Waals surface area contributed by atoms with Crippen molar-refractivity contribution >= 4 is 45.7 Å². The number of thioether (sulfide) groups is 1. The second kappa shape index (κ2) is 7.40. The third kappa shape index (κ3) is 4.83. The van der Waals surface area contributed by atoms with E-state index in [9.17, 15) is 10.1 Å². The van der Waals surface area contributed by atoms with Gasteiger partial charge in [-0.3, -0.25) is 10.1 Å². The van der Waals surface area contributed by atoms with Gasteiger partial charge < -0.3 is 5.32 Å². The number of hydrogen-bond acceptors (Lipinski definition) is 4. The van der Waals surface area contributed by atoms with Gasteiger partial charge in [-0.1, -0.05) is 5.92 Å². The number of anilines is 1. The Balaban J connectivity index is 2.50. The molecule has 0 atom stereocenters. The minimum Gasteiger partial charge on any atom is -0.383 e. The van der Waals surface area contributed by atoms with Crippen LogP contribution in [-0.4, -0.2) is 23.0 Å². The first-order valence-corrected chi connectivity index (χ1v) is 7.07. The molecule has 0 fully saturated rings. The lowest BCUT2D eigenvalue weighted by atomic mass is 10.3. The molecule has 4 nitrogen and oxygen atoms in total. The quantitative estimate of drug-likeness (QED) is 0.278. The molecule has 0 saturated heterocycles. The number of halogens is 1. The first-order valence-electron chi connectivity index (χ1n) is 4.84. The van der Waals surface area contributed by atoms with E-state index in [0.29, 0.717) is 5.75 Å². The van der Waals surface area contributed by atoms with Crippen LogP contribution in [0.3, 0.4) is 0 Å². The van der Waals surface area contributed by atoms with Crippen molar-refractivity contribution in [3.8, 4) is 12.3 Å². The molecule has 1 aromatic carbocycles. The smallest absolute Gasteiger partial charge is 0.270 e. The van der Waals surface area contributed by atoms with Crippen molar-refractivity contribution in [3.63, 3.8) is 0 Å². The Morgan fingerprint density at radius 1 is 1.59 bits per heavy atom. The van der Waals surface area contributed by atoms with Crippen LogP contribution in [0.15, 0.2) is 18.2 Å². The van der Waals surface area contributed by atoms with E-state index in [1.54, 1.807) is 23.9 Å². The SMILES string of the molecule is C#CCSCCNc1ccc([N+](=O)[O-])cc1I. The normalized spacial score (nSPS) is 9.65. The molecular weight excluding hydrogens is 351 g/mol. The highest BCUT2D eigenvalue weighted by molar-refractivity contribution is 14.1. The highest BCUT2D eigenvalue weighted by Gasteiger charge is 2.08. The van der Waals surface area contributed by atoms with Gasteiger partial charge in [-0.2, -0.15) is 0 Å². The molecule has 17 heavy (non-hydrogen) atoms. The molecule has 1 rings (SSSR count). The molecule has 0 unspecified atom stereocenters. The summed E-state index contributed by atoms with van der Waals surface area (Å²) >= 11 is 3.76. The van der Waals surface area contributed by atoms with Gasteiger partial charge >= 0.3 is 0 Å². The molecular formula is C11H11IN2O2S. The minimum atomic E-state index is -0.394. The summed E-state index contributed by atoms with van der Waals surface area (Å²) in [4.78, 5) is 10.2. The topological polar surface area (TPSA) is 55.2 Å². The summed E-state index contributed by atoms with van der Waals surface area (Å²) in [7, 11) is 0. The third-order valence-corrected chi connectivity index (χ3v) is 3.67. The van der Waals surface area contributed by atoms with Crippen molar-refractivity contribution in [2.45, 2.75) is 0 Å². The molecule has 90 valence electrons. The maximum Gasteiger partial charge on any atom is 0.270 e. The van der Waals surface area contributed by atoms with Crippen molar-refractivity contribution in [2.24, 2.45) is 0 Å². The fourth-order valence-electron chi connectivity index (χ4n) is 1.15. The van der Waals surface area contributed by atoms with Crippen LogP contribution in [0.25, 0.3) is 0 Å². The van der Waals surface area contributed by atoms with E-state index >= 15 is 0 Å². The average molecular weight is 362 g/mol. The molecule has 0 amide bonds. The number of nitrogens with one attached hydrogen (secondary N) is 1. The summed E-state index contributed by atoms with van der Waals surface area (Å²) in [5.74, 6) is 4.18. The summed E-state index contributed by atoms with van der Waals surface area (Å²) in [6.45, 7) is 0.792. The first kappa shape index (κ1) is 14.1. The van der Waals surface area contributed by atoms with E-state index in [1.165, 1.54) is 6.07 Å². The second-order valence-corrected chi connectivity index (χ2v) is 5.37. The van der Waals surface area contributed by atoms with Gasteiger partial charge in [0.15, 0.2) is 0 Å². The van der Waals surface area contributed by atoms with Gasteiger partial charge in [0.1, 0.15) is 0 Å². The fourth-order valence-corrected chi connectivity index (χ4v) is 2.35. The summed E-state index contributed by atoms with van der Waals surface area (Å²) in [6, 6.07) is 4.78. The van der Waals surface area contributed by atoms with Gasteiger partial charge in [0.25, 0.3) is 5.69 Å². The fraction of sp³-hybridized carbons (Fsp3) is 0.273. The largest absolute Gasteiger partial charge is 0.383 e. The zero-order valence-corrected chi connectivity index (χ0v) is 12.0. The van der Waals surface area contributed by atoms with E-state index < -0.39 is 4.92 Å². The Kier molecular flexibility index (Phi) is 6.15. The second-order valence-electron chi connectivity index (χ2n) is 3.10. The van der Waals surface area contributed by atoms with Crippen LogP contribution in [-0.2, 0) is 0 Å². The molecule has 0 heterocycles. The summed E-state index contributed by atoms with van der Waals surface area (Å²) < 4.78 is 0.846. The summed E-state index contributed by atoms with van der Waals surface area (Å²) in [5, 5.41) is 13.8. The number of rotatable bonds is 6. The molecule has 0 aliphatic carbocycles. The highest BCUT2D eigenvalue weighted by atomic mass is 127. The molecule has 0 spiro atoms. The van der Waals surface area contributed by atoms with Crippen LogP contribution < -0.4 is 5.32 Å². The molecule has 0 aliphatic rings. The molecule has 0 aromatic heterocycles. The van der Waals surface area contributed by atoms with E-state index in [4.69, 9.17) is 6.42 Å². The molecule has 0 radical (unpaired) electrons. The molecule has 0 bridgehead atoms. The maximum atomic E-state index is 10.6. The molecule has 0 saturated carbocycles. The monoisotopic (exact) mass is 362 g/mol. The summed E-state index contributed by atoms with van der Waals surface area (Å²) in [5.41, 5.74) is 1.03. The van der Waals surface area contributed by atoms with Gasteiger partial charge in [0, 0.05) is 33.7 Å². The van der Waals surface area contributed by atoms with Crippen molar-refractivity contribution < 1.29 is 4.92 Å². The number of terminal acetylenes is 1. The Hall–Kier alpha value is -0.940. The molecule has 0 aliphatic heterocycles. The zero-order valence-electron chi connectivity index (χ0n) is 8.98. The lowest BCUT2D eigenvalue weighted by Crippen LogP contribution is -2.05. The van der Waals surface area contributed by atoms with Crippen molar-refractivity contribution in [1.82, 2.24) is 0 Å². The van der Waals surface area contributed by atoms with E-state index in [-0.39, 0.29) is 5.69 Å². The van der Waals surface area contributed by atoms with Crippen LogP contribution in [0, 0.1) is 26.0 Å². The third-order valence-electron chi connectivity index (χ3n) is 1.91. The van der Waals surface area contributed by atoms with Crippen molar-refractivity contribution in [1.29, 1.82) is 0 Å². The standard InChI is InChI=1S/C11H11IN2O2S/c1-2-6-17-7-5-13-11-4-3-9(14(15)16)8-10(11)12/h1,3-4,8,13H,5-7H2. The van der Waals surface area contributed by atoms with Gasteiger partial charge in [-0.25, -0.2) is 0 Å². The predicted molar refractivity (Wildman–Crippen MR) is 80.5 cm³/mol. The molecule has 1 aromatic rings. The van der Waals surface area contributed by atoms with Crippen LogP contribution in [0.1, 0.15) is 0 Å². The van der Waals surface area contributed by atoms with Gasteiger partial charge in [0.2, 0.25) is 0 Å². The van der Waals surface area contributed by atoms with E-state index in [2.05, 4.69) is 33.8 Å². The Morgan fingerprint density at radius 3 is 2.94 bits per heavy atom. The Labute approximate surface area is 118 Å². The highest BCUT2D eigenvalue weighted by Crippen LogP contribution is 2.23. The van der Waals surface area contributed by atoms with Crippen molar-refractivity contribution in [3.05, 3.63) is 31.9 Å². The van der Waals surface area contributed by atoms with Gasteiger partial charge in [0.05, 0.1) is 10.7 Å². The number of nitro benzene ring substituents is 1. The number of hydrogen-bond donors (Lipinski definition) is 1. The number of nitro groups is 1. The van der Waals surface area contributed by atoms with Crippen LogP contribution in [0.5, 0.6) is 0 Å². The maximum absolute atomic E-state index is 10.6.